The lowest BCUT2D eigenvalue weighted by Crippen LogP contribution is -2.26. The monoisotopic (exact) mass is 349 g/mol. The number of para-hydroxylation sites is 1. The first-order valence-electron chi connectivity index (χ1n) is 8.67. The van der Waals surface area contributed by atoms with Crippen LogP contribution in [0, 0.1) is 5.92 Å². The number of nitrogens with zero attached hydrogens (tertiary/aromatic N) is 2. The number of nitrogens with one attached hydrogen (secondary N) is 1. The van der Waals surface area contributed by atoms with Gasteiger partial charge in [0.1, 0.15) is 5.82 Å². The number of hydrogen-bond donors (Lipinski definition) is 2. The van der Waals surface area contributed by atoms with E-state index in [1.165, 1.54) is 0 Å². The summed E-state index contributed by atoms with van der Waals surface area (Å²) in [6, 6.07) is 14.3. The Balaban J connectivity index is 1.72. The maximum atomic E-state index is 12.9. The molecule has 0 aliphatic heterocycles. The van der Waals surface area contributed by atoms with E-state index in [4.69, 9.17) is 10.2 Å². The van der Waals surface area contributed by atoms with Gasteiger partial charge in [-0.25, -0.2) is 10.5 Å². The number of carbonyl (C=O) groups is 1. The SMILES string of the molecule is O=C(NO)c1ccc(Cc2nc3ccccc3c(=O)n2CC2CC2)cc1. The Morgan fingerprint density at radius 2 is 1.88 bits per heavy atom. The van der Waals surface area contributed by atoms with Crippen molar-refractivity contribution in [2.75, 3.05) is 0 Å². The first kappa shape index (κ1) is 16.5. The fourth-order valence-electron chi connectivity index (χ4n) is 3.12. The molecule has 0 radical (unpaired) electrons. The summed E-state index contributed by atoms with van der Waals surface area (Å²) in [6.07, 6.45) is 2.82. The van der Waals surface area contributed by atoms with Crippen molar-refractivity contribution in [3.8, 4) is 0 Å². The van der Waals surface area contributed by atoms with E-state index in [1.807, 2.05) is 36.4 Å². The molecule has 1 saturated carbocycles. The standard InChI is InChI=1S/C20H19N3O3/c24-19(22-26)15-9-7-13(8-10-15)11-18-21-17-4-2-1-3-16(17)20(25)23(18)12-14-5-6-14/h1-4,7-10,14,26H,5-6,11-12H2,(H,22,24). The molecule has 6 nitrogen and oxygen atoms in total. The Bertz CT molecular complexity index is 1020. The third kappa shape index (κ3) is 3.23. The molecule has 0 bridgehead atoms. The second kappa shape index (κ2) is 6.72. The van der Waals surface area contributed by atoms with Gasteiger partial charge < -0.3 is 0 Å². The predicted octanol–water partition coefficient (Wildman–Crippen LogP) is 2.52. The molecule has 1 amide bonds. The number of rotatable bonds is 5. The molecule has 1 aromatic heterocycles. The summed E-state index contributed by atoms with van der Waals surface area (Å²) in [5.41, 5.74) is 3.65. The second-order valence-electron chi connectivity index (χ2n) is 6.72. The van der Waals surface area contributed by atoms with Gasteiger partial charge in [0.2, 0.25) is 0 Å². The van der Waals surface area contributed by atoms with Gasteiger partial charge in [-0.2, -0.15) is 0 Å². The molecule has 0 unspecified atom stereocenters. The first-order chi connectivity index (χ1) is 12.7. The molecule has 4 rings (SSSR count). The number of amides is 1. The minimum absolute atomic E-state index is 0.00813. The zero-order valence-electron chi connectivity index (χ0n) is 14.2. The topological polar surface area (TPSA) is 84.2 Å². The van der Waals surface area contributed by atoms with E-state index in [9.17, 15) is 9.59 Å². The Morgan fingerprint density at radius 1 is 1.15 bits per heavy atom. The maximum absolute atomic E-state index is 12.9. The highest BCUT2D eigenvalue weighted by atomic mass is 16.5. The van der Waals surface area contributed by atoms with Crippen molar-refractivity contribution in [2.45, 2.75) is 25.8 Å². The minimum Gasteiger partial charge on any atom is -0.296 e. The normalized spacial score (nSPS) is 13.7. The van der Waals surface area contributed by atoms with Crippen LogP contribution in [-0.2, 0) is 13.0 Å². The Morgan fingerprint density at radius 3 is 2.58 bits per heavy atom. The van der Waals surface area contributed by atoms with Crippen LogP contribution in [0.15, 0.2) is 53.3 Å². The molecular formula is C20H19N3O3. The number of hydrogen-bond acceptors (Lipinski definition) is 4. The lowest BCUT2D eigenvalue weighted by Gasteiger charge is -2.13. The van der Waals surface area contributed by atoms with Gasteiger partial charge in [0.05, 0.1) is 10.9 Å². The fraction of sp³-hybridized carbons (Fsp3) is 0.250. The number of hydroxylamine groups is 1. The van der Waals surface area contributed by atoms with Gasteiger partial charge in [0.15, 0.2) is 0 Å². The lowest BCUT2D eigenvalue weighted by atomic mass is 10.1. The highest BCUT2D eigenvalue weighted by Crippen LogP contribution is 2.30. The van der Waals surface area contributed by atoms with Gasteiger partial charge in [-0.05, 0) is 48.6 Å². The van der Waals surface area contributed by atoms with Crippen molar-refractivity contribution in [3.05, 3.63) is 75.8 Å². The van der Waals surface area contributed by atoms with Crippen molar-refractivity contribution in [1.82, 2.24) is 15.0 Å². The third-order valence-corrected chi connectivity index (χ3v) is 4.76. The summed E-state index contributed by atoms with van der Waals surface area (Å²) < 4.78 is 1.80. The molecule has 6 heteroatoms. The minimum atomic E-state index is -0.550. The number of fused-ring (bicyclic) bond motifs is 1. The number of carbonyl (C=O) groups excluding carboxylic acids is 1. The van der Waals surface area contributed by atoms with Crippen LogP contribution in [0.1, 0.15) is 34.6 Å². The zero-order valence-corrected chi connectivity index (χ0v) is 14.2. The van der Waals surface area contributed by atoms with E-state index in [2.05, 4.69) is 0 Å². The van der Waals surface area contributed by atoms with Gasteiger partial charge in [-0.3, -0.25) is 19.4 Å². The Labute approximate surface area is 150 Å². The average molecular weight is 349 g/mol. The molecule has 26 heavy (non-hydrogen) atoms. The highest BCUT2D eigenvalue weighted by Gasteiger charge is 2.24. The van der Waals surface area contributed by atoms with Gasteiger partial charge in [0, 0.05) is 18.5 Å². The van der Waals surface area contributed by atoms with Gasteiger partial charge in [0.25, 0.3) is 11.5 Å². The van der Waals surface area contributed by atoms with E-state index < -0.39 is 5.91 Å². The van der Waals surface area contributed by atoms with Crippen molar-refractivity contribution in [3.63, 3.8) is 0 Å². The predicted molar refractivity (Wildman–Crippen MR) is 97.2 cm³/mol. The molecule has 1 aliphatic rings. The summed E-state index contributed by atoms with van der Waals surface area (Å²) >= 11 is 0. The Hall–Kier alpha value is -2.99. The lowest BCUT2D eigenvalue weighted by molar-refractivity contribution is 0.0706. The third-order valence-electron chi connectivity index (χ3n) is 4.76. The van der Waals surface area contributed by atoms with Gasteiger partial charge in [-0.15, -0.1) is 0 Å². The molecule has 1 heterocycles. The van der Waals surface area contributed by atoms with E-state index in [0.717, 1.165) is 24.2 Å². The fourth-order valence-corrected chi connectivity index (χ4v) is 3.12. The second-order valence-corrected chi connectivity index (χ2v) is 6.72. The molecule has 1 fully saturated rings. The molecule has 3 aromatic rings. The van der Waals surface area contributed by atoms with Crippen molar-refractivity contribution >= 4 is 16.8 Å². The molecule has 0 spiro atoms. The van der Waals surface area contributed by atoms with Crippen LogP contribution in [0.5, 0.6) is 0 Å². The number of benzene rings is 2. The van der Waals surface area contributed by atoms with Gasteiger partial charge >= 0.3 is 0 Å². The van der Waals surface area contributed by atoms with E-state index in [0.29, 0.717) is 35.3 Å². The van der Waals surface area contributed by atoms with Crippen LogP contribution >= 0.6 is 0 Å². The van der Waals surface area contributed by atoms with Crippen LogP contribution in [-0.4, -0.2) is 20.7 Å². The molecule has 132 valence electrons. The Kier molecular flexibility index (Phi) is 4.26. The summed E-state index contributed by atoms with van der Waals surface area (Å²) in [4.78, 5) is 29.1. The van der Waals surface area contributed by atoms with Gasteiger partial charge in [-0.1, -0.05) is 24.3 Å². The summed E-state index contributed by atoms with van der Waals surface area (Å²) in [6.45, 7) is 0.705. The van der Waals surface area contributed by atoms with Crippen LogP contribution in [0.3, 0.4) is 0 Å². The zero-order chi connectivity index (χ0) is 18.1. The smallest absolute Gasteiger partial charge is 0.274 e. The first-order valence-corrected chi connectivity index (χ1v) is 8.67. The van der Waals surface area contributed by atoms with E-state index in [1.54, 1.807) is 22.2 Å². The van der Waals surface area contributed by atoms with Crippen LogP contribution in [0.2, 0.25) is 0 Å². The van der Waals surface area contributed by atoms with Crippen LogP contribution < -0.4 is 11.0 Å². The van der Waals surface area contributed by atoms with Crippen molar-refractivity contribution in [2.24, 2.45) is 5.92 Å². The van der Waals surface area contributed by atoms with Crippen LogP contribution in [0.4, 0.5) is 0 Å². The van der Waals surface area contributed by atoms with Crippen molar-refractivity contribution in [1.29, 1.82) is 0 Å². The number of aromatic nitrogens is 2. The average Bonchev–Trinajstić information content (AvgIpc) is 3.49. The maximum Gasteiger partial charge on any atom is 0.274 e. The summed E-state index contributed by atoms with van der Waals surface area (Å²) in [5, 5.41) is 9.35. The molecular weight excluding hydrogens is 330 g/mol. The summed E-state index contributed by atoms with van der Waals surface area (Å²) in [7, 11) is 0. The molecule has 1 aliphatic carbocycles. The van der Waals surface area contributed by atoms with Crippen molar-refractivity contribution < 1.29 is 10.0 Å². The van der Waals surface area contributed by atoms with E-state index >= 15 is 0 Å². The molecule has 2 aromatic carbocycles. The highest BCUT2D eigenvalue weighted by molar-refractivity contribution is 5.93. The quantitative estimate of drug-likeness (QED) is 0.548. The molecule has 0 atom stereocenters. The molecule has 0 saturated heterocycles. The largest absolute Gasteiger partial charge is 0.296 e. The summed E-state index contributed by atoms with van der Waals surface area (Å²) in [5.74, 6) is 0.746. The molecule has 2 N–H and O–H groups in total. The van der Waals surface area contributed by atoms with Crippen LogP contribution in [0.25, 0.3) is 10.9 Å². The van der Waals surface area contributed by atoms with E-state index in [-0.39, 0.29) is 5.56 Å².